The van der Waals surface area contributed by atoms with E-state index < -0.39 is 11.8 Å². The lowest BCUT2D eigenvalue weighted by atomic mass is 10.1. The molecule has 1 aliphatic rings. The van der Waals surface area contributed by atoms with Crippen LogP contribution in [0.25, 0.3) is 0 Å². The summed E-state index contributed by atoms with van der Waals surface area (Å²) in [6, 6.07) is 8.36. The molecule has 0 atom stereocenters. The lowest BCUT2D eigenvalue weighted by molar-refractivity contribution is 0.0732. The molecule has 0 radical (unpaired) electrons. The standard InChI is InChI=1S/C19H15FO4/c1-10(2)17-16(21)14-7-8-15(11(3)18(14)24-17)23-19(22)12-5-4-6-13(20)9-12/h4-9H,1-3H3. The minimum Gasteiger partial charge on any atom is -0.452 e. The van der Waals surface area contributed by atoms with Crippen LogP contribution in [-0.4, -0.2) is 11.8 Å². The van der Waals surface area contributed by atoms with Crippen molar-refractivity contribution in [2.75, 3.05) is 0 Å². The van der Waals surface area contributed by atoms with Crippen LogP contribution in [0.5, 0.6) is 11.5 Å². The SMILES string of the molecule is CC(C)=C1Oc2c(ccc(OC(=O)c3cccc(F)c3)c2C)C1=O. The number of carbonyl (C=O) groups is 2. The summed E-state index contributed by atoms with van der Waals surface area (Å²) in [5, 5.41) is 0. The van der Waals surface area contributed by atoms with E-state index in [0.29, 0.717) is 22.6 Å². The fraction of sp³-hybridized carbons (Fsp3) is 0.158. The second-order valence-electron chi connectivity index (χ2n) is 5.73. The highest BCUT2D eigenvalue weighted by molar-refractivity contribution is 6.13. The highest BCUT2D eigenvalue weighted by Gasteiger charge is 2.31. The van der Waals surface area contributed by atoms with Gasteiger partial charge in [-0.1, -0.05) is 6.07 Å². The van der Waals surface area contributed by atoms with Crippen molar-refractivity contribution in [3.05, 3.63) is 70.2 Å². The highest BCUT2D eigenvalue weighted by Crippen LogP contribution is 2.39. The predicted octanol–water partition coefficient (Wildman–Crippen LogP) is 4.22. The van der Waals surface area contributed by atoms with Gasteiger partial charge in [0.2, 0.25) is 5.78 Å². The number of esters is 1. The lowest BCUT2D eigenvalue weighted by Crippen LogP contribution is -2.09. The van der Waals surface area contributed by atoms with Gasteiger partial charge >= 0.3 is 5.97 Å². The van der Waals surface area contributed by atoms with Gasteiger partial charge in [-0.2, -0.15) is 0 Å². The summed E-state index contributed by atoms with van der Waals surface area (Å²) in [6.45, 7) is 5.28. The molecule has 2 aromatic rings. The highest BCUT2D eigenvalue weighted by atomic mass is 19.1. The third kappa shape index (κ3) is 2.69. The Hall–Kier alpha value is -2.95. The van der Waals surface area contributed by atoms with Crippen molar-refractivity contribution in [3.8, 4) is 11.5 Å². The van der Waals surface area contributed by atoms with E-state index in [1.54, 1.807) is 32.9 Å². The Morgan fingerprint density at radius 3 is 2.58 bits per heavy atom. The van der Waals surface area contributed by atoms with Crippen LogP contribution in [0.1, 0.15) is 40.1 Å². The molecule has 3 rings (SSSR count). The molecule has 24 heavy (non-hydrogen) atoms. The van der Waals surface area contributed by atoms with Gasteiger partial charge in [-0.25, -0.2) is 9.18 Å². The number of hydrogen-bond acceptors (Lipinski definition) is 4. The second-order valence-corrected chi connectivity index (χ2v) is 5.73. The molecular formula is C19H15FO4. The molecule has 122 valence electrons. The zero-order valence-electron chi connectivity index (χ0n) is 13.5. The largest absolute Gasteiger partial charge is 0.452 e. The van der Waals surface area contributed by atoms with Crippen molar-refractivity contribution in [2.24, 2.45) is 0 Å². The van der Waals surface area contributed by atoms with Crippen LogP contribution in [0.2, 0.25) is 0 Å². The van der Waals surface area contributed by atoms with Crippen LogP contribution in [0.3, 0.4) is 0 Å². The summed E-state index contributed by atoms with van der Waals surface area (Å²) < 4.78 is 24.2. The normalized spacial score (nSPS) is 12.7. The van der Waals surface area contributed by atoms with Gasteiger partial charge in [-0.15, -0.1) is 0 Å². The molecule has 0 amide bonds. The fourth-order valence-electron chi connectivity index (χ4n) is 2.47. The minimum atomic E-state index is -0.677. The van der Waals surface area contributed by atoms with E-state index in [9.17, 15) is 14.0 Å². The molecule has 0 spiro atoms. The predicted molar refractivity (Wildman–Crippen MR) is 85.9 cm³/mol. The van der Waals surface area contributed by atoms with E-state index in [2.05, 4.69) is 0 Å². The number of ketones is 1. The Bertz CT molecular complexity index is 892. The fourth-order valence-corrected chi connectivity index (χ4v) is 2.47. The van der Waals surface area contributed by atoms with Gasteiger partial charge in [0.15, 0.2) is 5.76 Å². The van der Waals surface area contributed by atoms with Crippen LogP contribution in [0, 0.1) is 12.7 Å². The van der Waals surface area contributed by atoms with Gasteiger partial charge in [0.1, 0.15) is 17.3 Å². The Morgan fingerprint density at radius 1 is 1.17 bits per heavy atom. The van der Waals surface area contributed by atoms with Crippen molar-refractivity contribution >= 4 is 11.8 Å². The van der Waals surface area contributed by atoms with Crippen molar-refractivity contribution in [1.82, 2.24) is 0 Å². The number of carbonyl (C=O) groups excluding carboxylic acids is 2. The Morgan fingerprint density at radius 2 is 1.92 bits per heavy atom. The van der Waals surface area contributed by atoms with Crippen LogP contribution in [0.15, 0.2) is 47.7 Å². The minimum absolute atomic E-state index is 0.108. The van der Waals surface area contributed by atoms with Gasteiger partial charge in [0.05, 0.1) is 11.1 Å². The van der Waals surface area contributed by atoms with Crippen molar-refractivity contribution in [3.63, 3.8) is 0 Å². The second kappa shape index (κ2) is 5.92. The van der Waals surface area contributed by atoms with Crippen molar-refractivity contribution in [1.29, 1.82) is 0 Å². The third-order valence-electron chi connectivity index (χ3n) is 3.73. The molecule has 2 aromatic carbocycles. The molecule has 0 bridgehead atoms. The molecule has 1 heterocycles. The average molecular weight is 326 g/mol. The molecule has 0 fully saturated rings. The molecule has 4 nitrogen and oxygen atoms in total. The Balaban J connectivity index is 1.93. The summed E-state index contributed by atoms with van der Waals surface area (Å²) in [6.07, 6.45) is 0. The first-order valence-electron chi connectivity index (χ1n) is 7.40. The first kappa shape index (κ1) is 15.9. The number of hydrogen-bond donors (Lipinski definition) is 0. The summed E-state index contributed by atoms with van der Waals surface area (Å²) in [5.74, 6) is -0.425. The molecule has 1 aliphatic heterocycles. The topological polar surface area (TPSA) is 52.6 Å². The van der Waals surface area contributed by atoms with E-state index in [4.69, 9.17) is 9.47 Å². The van der Waals surface area contributed by atoms with Crippen LogP contribution in [0.4, 0.5) is 4.39 Å². The maximum Gasteiger partial charge on any atom is 0.343 e. The molecule has 5 heteroatoms. The first-order chi connectivity index (χ1) is 11.4. The van der Waals surface area contributed by atoms with E-state index in [0.717, 1.165) is 11.6 Å². The maximum atomic E-state index is 13.2. The van der Waals surface area contributed by atoms with Gasteiger partial charge < -0.3 is 9.47 Å². The van der Waals surface area contributed by atoms with Crippen LogP contribution < -0.4 is 9.47 Å². The van der Waals surface area contributed by atoms with Crippen LogP contribution >= 0.6 is 0 Å². The van der Waals surface area contributed by atoms with Gasteiger partial charge in [0, 0.05) is 5.56 Å². The monoisotopic (exact) mass is 326 g/mol. The van der Waals surface area contributed by atoms with Crippen molar-refractivity contribution < 1.29 is 23.5 Å². The lowest BCUT2D eigenvalue weighted by Gasteiger charge is -2.10. The third-order valence-corrected chi connectivity index (χ3v) is 3.73. The average Bonchev–Trinajstić information content (AvgIpc) is 2.88. The zero-order valence-corrected chi connectivity index (χ0v) is 13.5. The number of Topliss-reactive ketones (excluding diaryl/α,β-unsaturated/α-hetero) is 1. The van der Waals surface area contributed by atoms with Gasteiger partial charge in [-0.3, -0.25) is 4.79 Å². The van der Waals surface area contributed by atoms with E-state index in [1.807, 2.05) is 0 Å². The smallest absolute Gasteiger partial charge is 0.343 e. The van der Waals surface area contributed by atoms with E-state index >= 15 is 0 Å². The molecule has 0 unspecified atom stereocenters. The Labute approximate surface area is 138 Å². The number of ether oxygens (including phenoxy) is 2. The Kier molecular flexibility index (Phi) is 3.93. The molecule has 0 saturated carbocycles. The number of allylic oxidation sites excluding steroid dienone is 2. The molecule has 0 aliphatic carbocycles. The molecule has 0 aromatic heterocycles. The van der Waals surface area contributed by atoms with Crippen molar-refractivity contribution in [2.45, 2.75) is 20.8 Å². The van der Waals surface area contributed by atoms with E-state index in [-0.39, 0.29) is 17.1 Å². The number of halogens is 1. The summed E-state index contributed by atoms with van der Waals surface area (Å²) in [4.78, 5) is 24.4. The number of fused-ring (bicyclic) bond motifs is 1. The summed E-state index contributed by atoms with van der Waals surface area (Å²) in [5.41, 5.74) is 1.86. The number of benzene rings is 2. The van der Waals surface area contributed by atoms with Gasteiger partial charge in [0.25, 0.3) is 0 Å². The molecule has 0 saturated heterocycles. The van der Waals surface area contributed by atoms with Gasteiger partial charge in [-0.05, 0) is 56.7 Å². The molecule has 0 N–H and O–H groups in total. The van der Waals surface area contributed by atoms with Crippen LogP contribution in [-0.2, 0) is 0 Å². The summed E-state index contributed by atoms with van der Waals surface area (Å²) in [7, 11) is 0. The maximum absolute atomic E-state index is 13.2. The zero-order chi connectivity index (χ0) is 17.4. The molecular weight excluding hydrogens is 311 g/mol. The quantitative estimate of drug-likeness (QED) is 0.471. The number of rotatable bonds is 2. The van der Waals surface area contributed by atoms with E-state index in [1.165, 1.54) is 18.2 Å². The first-order valence-corrected chi connectivity index (χ1v) is 7.40. The summed E-state index contributed by atoms with van der Waals surface area (Å²) >= 11 is 0.